The Balaban J connectivity index is 2.75. The number of amides is 1. The van der Waals surface area contributed by atoms with Gasteiger partial charge in [-0.05, 0) is 40.5 Å². The lowest BCUT2D eigenvalue weighted by Crippen LogP contribution is -2.52. The smallest absolute Gasteiger partial charge is 0.410 e. The number of nitrogens with two attached hydrogens (primary N) is 1. The molecule has 0 aliphatic heterocycles. The maximum atomic E-state index is 12.0. The molecule has 1 fully saturated rings. The first-order chi connectivity index (χ1) is 8.51. The Morgan fingerprint density at radius 2 is 1.84 bits per heavy atom. The van der Waals surface area contributed by atoms with Crippen molar-refractivity contribution in [3.8, 4) is 0 Å². The van der Waals surface area contributed by atoms with Crippen LogP contribution in [0.3, 0.4) is 0 Å². The number of carboxylic acid groups (broad SMARTS) is 1. The van der Waals surface area contributed by atoms with Crippen LogP contribution in [0.15, 0.2) is 0 Å². The lowest BCUT2D eigenvalue weighted by atomic mass is 9.88. The lowest BCUT2D eigenvalue weighted by molar-refractivity contribution is -0.141. The first-order valence-corrected chi connectivity index (χ1v) is 6.45. The second-order valence-electron chi connectivity index (χ2n) is 6.32. The van der Waals surface area contributed by atoms with Gasteiger partial charge < -0.3 is 20.5 Å². The Labute approximate surface area is 113 Å². The monoisotopic (exact) mass is 272 g/mol. The molecule has 0 bridgehead atoms. The number of carbonyl (C=O) groups excluding carboxylic acids is 1. The Bertz CT molecular complexity index is 371. The Morgan fingerprint density at radius 3 is 2.16 bits per heavy atom. The SMILES string of the molecule is CC(N(C)C(=O)OC(C)(C)C)C1(C(N)C(=O)O)CC1. The van der Waals surface area contributed by atoms with Crippen LogP contribution in [0.5, 0.6) is 0 Å². The number of aliphatic carboxylic acids is 1. The van der Waals surface area contributed by atoms with Gasteiger partial charge in [-0.25, -0.2) is 4.79 Å². The van der Waals surface area contributed by atoms with Crippen molar-refractivity contribution in [1.29, 1.82) is 0 Å². The second kappa shape index (κ2) is 5.00. The molecule has 6 heteroatoms. The van der Waals surface area contributed by atoms with E-state index < -0.39 is 29.1 Å². The first kappa shape index (κ1) is 15.8. The summed E-state index contributed by atoms with van der Waals surface area (Å²) in [6, 6.07) is -1.22. The largest absolute Gasteiger partial charge is 0.480 e. The van der Waals surface area contributed by atoms with E-state index in [1.807, 2.05) is 6.92 Å². The summed E-state index contributed by atoms with van der Waals surface area (Å²) in [5.74, 6) is -1.03. The van der Waals surface area contributed by atoms with Gasteiger partial charge in [0.25, 0.3) is 0 Å². The third-order valence-corrected chi connectivity index (χ3v) is 3.81. The van der Waals surface area contributed by atoms with Crippen molar-refractivity contribution in [3.05, 3.63) is 0 Å². The van der Waals surface area contributed by atoms with E-state index in [2.05, 4.69) is 0 Å². The van der Waals surface area contributed by atoms with E-state index in [4.69, 9.17) is 15.6 Å². The normalized spacial score (nSPS) is 20.3. The Morgan fingerprint density at radius 1 is 1.37 bits per heavy atom. The fourth-order valence-corrected chi connectivity index (χ4v) is 2.26. The highest BCUT2D eigenvalue weighted by Gasteiger charge is 2.56. The van der Waals surface area contributed by atoms with E-state index in [1.54, 1.807) is 27.8 Å². The van der Waals surface area contributed by atoms with Crippen LogP contribution in [0, 0.1) is 5.41 Å². The van der Waals surface area contributed by atoms with Gasteiger partial charge in [0.2, 0.25) is 0 Å². The molecule has 1 amide bonds. The second-order valence-corrected chi connectivity index (χ2v) is 6.32. The van der Waals surface area contributed by atoms with Crippen LogP contribution < -0.4 is 5.73 Å². The fourth-order valence-electron chi connectivity index (χ4n) is 2.26. The molecule has 1 saturated carbocycles. The molecule has 0 aromatic heterocycles. The minimum atomic E-state index is -1.03. The van der Waals surface area contributed by atoms with E-state index in [-0.39, 0.29) is 6.04 Å². The summed E-state index contributed by atoms with van der Waals surface area (Å²) < 4.78 is 5.28. The number of rotatable bonds is 4. The summed E-state index contributed by atoms with van der Waals surface area (Å²) in [7, 11) is 1.62. The number of hydrogen-bond donors (Lipinski definition) is 2. The molecular formula is C13H24N2O4. The molecule has 0 heterocycles. The van der Waals surface area contributed by atoms with Crippen LogP contribution in [0.25, 0.3) is 0 Å². The molecule has 6 nitrogen and oxygen atoms in total. The Kier molecular flexibility index (Phi) is 4.14. The van der Waals surface area contributed by atoms with E-state index >= 15 is 0 Å². The van der Waals surface area contributed by atoms with Crippen molar-refractivity contribution < 1.29 is 19.4 Å². The molecule has 110 valence electrons. The standard InChI is InChI=1S/C13H24N2O4/c1-8(13(6-7-13)9(14)10(16)17)15(5)11(18)19-12(2,3)4/h8-9H,6-7,14H2,1-5H3,(H,16,17). The number of hydrogen-bond acceptors (Lipinski definition) is 4. The van der Waals surface area contributed by atoms with E-state index in [1.165, 1.54) is 4.90 Å². The van der Waals surface area contributed by atoms with Gasteiger partial charge in [-0.1, -0.05) is 0 Å². The Hall–Kier alpha value is -1.30. The van der Waals surface area contributed by atoms with Crippen molar-refractivity contribution in [2.75, 3.05) is 7.05 Å². The summed E-state index contributed by atoms with van der Waals surface area (Å²) >= 11 is 0. The fraction of sp³-hybridized carbons (Fsp3) is 0.846. The topological polar surface area (TPSA) is 92.9 Å². The molecule has 0 radical (unpaired) electrons. The summed E-state index contributed by atoms with van der Waals surface area (Å²) in [4.78, 5) is 24.5. The van der Waals surface area contributed by atoms with Crippen molar-refractivity contribution in [1.82, 2.24) is 4.90 Å². The third kappa shape index (κ3) is 3.37. The molecule has 1 aliphatic rings. The zero-order valence-corrected chi connectivity index (χ0v) is 12.3. The highest BCUT2D eigenvalue weighted by molar-refractivity contribution is 5.76. The summed E-state index contributed by atoms with van der Waals surface area (Å²) in [5, 5.41) is 9.05. The number of carboxylic acids is 1. The molecular weight excluding hydrogens is 248 g/mol. The van der Waals surface area contributed by atoms with Crippen LogP contribution >= 0.6 is 0 Å². The molecule has 2 unspecified atom stereocenters. The zero-order valence-electron chi connectivity index (χ0n) is 12.3. The van der Waals surface area contributed by atoms with E-state index in [9.17, 15) is 9.59 Å². The highest BCUT2D eigenvalue weighted by atomic mass is 16.6. The summed E-state index contributed by atoms with van der Waals surface area (Å²) in [6.07, 6.45) is 0.979. The third-order valence-electron chi connectivity index (χ3n) is 3.81. The average Bonchev–Trinajstić information content (AvgIpc) is 3.04. The van der Waals surface area contributed by atoms with Gasteiger partial charge in [-0.2, -0.15) is 0 Å². The van der Waals surface area contributed by atoms with Gasteiger partial charge in [0.15, 0.2) is 0 Å². The van der Waals surface area contributed by atoms with Crippen LogP contribution in [0.4, 0.5) is 4.79 Å². The number of ether oxygens (including phenoxy) is 1. The van der Waals surface area contributed by atoms with Gasteiger partial charge >= 0.3 is 12.1 Å². The molecule has 0 aromatic carbocycles. The predicted molar refractivity (Wildman–Crippen MR) is 70.7 cm³/mol. The van der Waals surface area contributed by atoms with Crippen molar-refractivity contribution in [2.45, 2.75) is 58.2 Å². The molecule has 0 aromatic rings. The summed E-state index contributed by atoms with van der Waals surface area (Å²) in [6.45, 7) is 7.19. The highest BCUT2D eigenvalue weighted by Crippen LogP contribution is 2.52. The van der Waals surface area contributed by atoms with Crippen LogP contribution in [-0.4, -0.2) is 46.8 Å². The first-order valence-electron chi connectivity index (χ1n) is 6.45. The minimum absolute atomic E-state index is 0.270. The maximum Gasteiger partial charge on any atom is 0.410 e. The van der Waals surface area contributed by atoms with Crippen LogP contribution in [0.1, 0.15) is 40.5 Å². The van der Waals surface area contributed by atoms with E-state index in [0.29, 0.717) is 0 Å². The van der Waals surface area contributed by atoms with Crippen molar-refractivity contribution in [3.63, 3.8) is 0 Å². The van der Waals surface area contributed by atoms with Crippen LogP contribution in [0.2, 0.25) is 0 Å². The average molecular weight is 272 g/mol. The van der Waals surface area contributed by atoms with Crippen molar-refractivity contribution in [2.24, 2.45) is 11.1 Å². The summed E-state index contributed by atoms with van der Waals surface area (Å²) in [5.41, 5.74) is 4.64. The van der Waals surface area contributed by atoms with Gasteiger partial charge in [-0.3, -0.25) is 4.79 Å². The molecule has 0 spiro atoms. The predicted octanol–water partition coefficient (Wildman–Crippen LogP) is 1.43. The molecule has 3 N–H and O–H groups in total. The minimum Gasteiger partial charge on any atom is -0.480 e. The molecule has 0 saturated heterocycles. The van der Waals surface area contributed by atoms with Gasteiger partial charge in [-0.15, -0.1) is 0 Å². The zero-order chi connectivity index (χ0) is 15.0. The quantitative estimate of drug-likeness (QED) is 0.807. The van der Waals surface area contributed by atoms with Crippen LogP contribution in [-0.2, 0) is 9.53 Å². The lowest BCUT2D eigenvalue weighted by Gasteiger charge is -2.35. The van der Waals surface area contributed by atoms with Gasteiger partial charge in [0.1, 0.15) is 11.6 Å². The van der Waals surface area contributed by atoms with Crippen molar-refractivity contribution >= 4 is 12.1 Å². The number of carbonyl (C=O) groups is 2. The maximum absolute atomic E-state index is 12.0. The molecule has 1 aliphatic carbocycles. The molecule has 2 atom stereocenters. The van der Waals surface area contributed by atoms with E-state index in [0.717, 1.165) is 12.8 Å². The van der Waals surface area contributed by atoms with Gasteiger partial charge in [0.05, 0.1) is 0 Å². The van der Waals surface area contributed by atoms with Gasteiger partial charge in [0, 0.05) is 18.5 Å². The number of nitrogens with zero attached hydrogens (tertiary/aromatic N) is 1. The molecule has 19 heavy (non-hydrogen) atoms. The molecule has 1 rings (SSSR count).